The lowest BCUT2D eigenvalue weighted by Crippen LogP contribution is -2.29. The molecule has 0 saturated heterocycles. The summed E-state index contributed by atoms with van der Waals surface area (Å²) in [5.74, 6) is 0.931. The first-order valence-corrected chi connectivity index (χ1v) is 10.9. The molecule has 4 aromatic rings. The lowest BCUT2D eigenvalue weighted by atomic mass is 9.78. The lowest BCUT2D eigenvalue weighted by molar-refractivity contribution is 0.419. The van der Waals surface area contributed by atoms with Gasteiger partial charge in [0.1, 0.15) is 5.01 Å². The molecule has 2 aliphatic rings. The van der Waals surface area contributed by atoms with Gasteiger partial charge in [0.2, 0.25) is 0 Å². The summed E-state index contributed by atoms with van der Waals surface area (Å²) >= 11 is 1.78. The third-order valence-corrected chi connectivity index (χ3v) is 7.23. The zero-order chi connectivity index (χ0) is 19.4. The minimum Gasteiger partial charge on any atom is -0.376 e. The van der Waals surface area contributed by atoms with Crippen LogP contribution >= 0.6 is 11.3 Å². The fraction of sp³-hybridized carbons (Fsp3) is 0.200. The molecule has 0 saturated carbocycles. The Balaban J connectivity index is 1.42. The van der Waals surface area contributed by atoms with Crippen LogP contribution in [-0.2, 0) is 0 Å². The number of anilines is 1. The van der Waals surface area contributed by atoms with E-state index in [4.69, 9.17) is 4.98 Å². The number of aryl methyl sites for hydroxylation is 1. The summed E-state index contributed by atoms with van der Waals surface area (Å²) in [5.41, 5.74) is 7.29. The Morgan fingerprint density at radius 2 is 2.03 bits per heavy atom. The van der Waals surface area contributed by atoms with Crippen molar-refractivity contribution in [2.75, 3.05) is 5.32 Å². The third-order valence-electron chi connectivity index (χ3n) is 6.16. The average Bonchev–Trinajstić information content (AvgIpc) is 3.40. The molecule has 0 spiro atoms. The number of fused-ring (bicyclic) bond motifs is 4. The van der Waals surface area contributed by atoms with E-state index in [9.17, 15) is 0 Å². The number of hydrogen-bond donors (Lipinski definition) is 1. The smallest absolute Gasteiger partial charge is 0.124 e. The maximum Gasteiger partial charge on any atom is 0.124 e. The Kier molecular flexibility index (Phi) is 3.81. The van der Waals surface area contributed by atoms with Gasteiger partial charge in [-0.3, -0.25) is 4.98 Å². The molecule has 1 N–H and O–H groups in total. The van der Waals surface area contributed by atoms with Gasteiger partial charge < -0.3 is 5.32 Å². The average molecular weight is 396 g/mol. The van der Waals surface area contributed by atoms with Gasteiger partial charge in [-0.15, -0.1) is 11.3 Å². The number of benzene rings is 2. The maximum atomic E-state index is 4.89. The van der Waals surface area contributed by atoms with E-state index >= 15 is 0 Å². The molecule has 3 heterocycles. The molecule has 0 unspecified atom stereocenters. The highest BCUT2D eigenvalue weighted by Gasteiger charge is 2.38. The minimum absolute atomic E-state index is 0.250. The van der Waals surface area contributed by atoms with Crippen LogP contribution in [0.4, 0.5) is 5.69 Å². The van der Waals surface area contributed by atoms with Gasteiger partial charge in [0.05, 0.1) is 22.0 Å². The summed E-state index contributed by atoms with van der Waals surface area (Å²) in [5, 5.41) is 4.87. The molecule has 6 rings (SSSR count). The molecular formula is C25H21N3S. The van der Waals surface area contributed by atoms with Crippen LogP contribution < -0.4 is 5.32 Å². The maximum absolute atomic E-state index is 4.89. The molecule has 142 valence electrons. The Hall–Kier alpha value is -2.98. The van der Waals surface area contributed by atoms with Gasteiger partial charge in [0.15, 0.2) is 0 Å². The first-order valence-electron chi connectivity index (χ1n) is 10.1. The van der Waals surface area contributed by atoms with Crippen molar-refractivity contribution < 1.29 is 0 Å². The van der Waals surface area contributed by atoms with Crippen LogP contribution in [0.1, 0.15) is 35.2 Å². The molecular weight excluding hydrogens is 374 g/mol. The molecule has 3 atom stereocenters. The van der Waals surface area contributed by atoms with Crippen molar-refractivity contribution in [1.29, 1.82) is 0 Å². The van der Waals surface area contributed by atoms with Gasteiger partial charge in [-0.05, 0) is 72.9 Å². The normalized spacial score (nSPS) is 22.3. The molecule has 1 aliphatic carbocycles. The number of allylic oxidation sites excluding steroid dienone is 2. The first-order chi connectivity index (χ1) is 14.3. The van der Waals surface area contributed by atoms with E-state index in [1.54, 1.807) is 11.3 Å². The molecule has 0 amide bonds. The molecule has 3 nitrogen and oxygen atoms in total. The van der Waals surface area contributed by atoms with E-state index in [0.29, 0.717) is 11.8 Å². The van der Waals surface area contributed by atoms with Crippen molar-refractivity contribution in [2.45, 2.75) is 25.3 Å². The highest BCUT2D eigenvalue weighted by molar-refractivity contribution is 7.21. The van der Waals surface area contributed by atoms with Gasteiger partial charge in [0.25, 0.3) is 0 Å². The molecule has 2 aromatic carbocycles. The van der Waals surface area contributed by atoms with E-state index < -0.39 is 0 Å². The van der Waals surface area contributed by atoms with E-state index in [-0.39, 0.29) is 6.04 Å². The Morgan fingerprint density at radius 3 is 2.93 bits per heavy atom. The van der Waals surface area contributed by atoms with Gasteiger partial charge in [-0.25, -0.2) is 4.98 Å². The lowest BCUT2D eigenvalue weighted by Gasteiger charge is -2.37. The number of thiazole rings is 1. The molecule has 2 aromatic heterocycles. The van der Waals surface area contributed by atoms with Crippen LogP contribution in [0.5, 0.6) is 0 Å². The number of rotatable bonds is 2. The second kappa shape index (κ2) is 6.53. The Bertz CT molecular complexity index is 1240. The molecule has 4 heteroatoms. The number of aromatic nitrogens is 2. The minimum atomic E-state index is 0.250. The summed E-state index contributed by atoms with van der Waals surface area (Å²) in [6, 6.07) is 19.7. The van der Waals surface area contributed by atoms with E-state index in [1.165, 1.54) is 27.1 Å². The fourth-order valence-electron chi connectivity index (χ4n) is 4.74. The monoisotopic (exact) mass is 395 g/mol. The highest BCUT2D eigenvalue weighted by Crippen LogP contribution is 2.50. The van der Waals surface area contributed by atoms with E-state index in [1.807, 2.05) is 12.3 Å². The highest BCUT2D eigenvalue weighted by atomic mass is 32.1. The topological polar surface area (TPSA) is 37.8 Å². The Morgan fingerprint density at radius 1 is 1.07 bits per heavy atom. The molecule has 1 aliphatic heterocycles. The van der Waals surface area contributed by atoms with Crippen LogP contribution in [0.3, 0.4) is 0 Å². The standard InChI is InChI=1S/C25H21N3S/c1-15-8-10-21-23(13-15)29-25(28-21)16-9-11-20-19(14-16)17-5-4-6-18(17)24(27-20)22-7-2-3-12-26-22/h2-5,7-14,17-18,24,27H,6H2,1H3/t17-,18+,24-/m1/s1. The van der Waals surface area contributed by atoms with Crippen LogP contribution in [0.25, 0.3) is 20.8 Å². The van der Waals surface area contributed by atoms with Crippen molar-refractivity contribution in [1.82, 2.24) is 9.97 Å². The second-order valence-corrected chi connectivity index (χ2v) is 9.05. The van der Waals surface area contributed by atoms with Crippen LogP contribution in [-0.4, -0.2) is 9.97 Å². The van der Waals surface area contributed by atoms with Gasteiger partial charge in [0, 0.05) is 23.4 Å². The predicted octanol–water partition coefficient (Wildman–Crippen LogP) is 6.49. The van der Waals surface area contributed by atoms with Crippen molar-refractivity contribution in [3.63, 3.8) is 0 Å². The Labute approximate surface area is 174 Å². The quantitative estimate of drug-likeness (QED) is 0.394. The van der Waals surface area contributed by atoms with Gasteiger partial charge in [-0.1, -0.05) is 24.3 Å². The zero-order valence-corrected chi connectivity index (χ0v) is 17.0. The molecule has 29 heavy (non-hydrogen) atoms. The first kappa shape index (κ1) is 16.9. The molecule has 0 radical (unpaired) electrons. The zero-order valence-electron chi connectivity index (χ0n) is 16.2. The van der Waals surface area contributed by atoms with Crippen LogP contribution in [0, 0.1) is 12.8 Å². The van der Waals surface area contributed by atoms with Crippen molar-refractivity contribution >= 4 is 27.2 Å². The number of pyridine rings is 1. The van der Waals surface area contributed by atoms with Crippen molar-refractivity contribution in [3.8, 4) is 10.6 Å². The van der Waals surface area contributed by atoms with Crippen molar-refractivity contribution in [2.24, 2.45) is 5.92 Å². The number of nitrogens with one attached hydrogen (secondary N) is 1. The summed E-state index contributed by atoms with van der Waals surface area (Å²) in [6.07, 6.45) is 7.69. The van der Waals surface area contributed by atoms with Crippen LogP contribution in [0.2, 0.25) is 0 Å². The van der Waals surface area contributed by atoms with Crippen LogP contribution in [0.15, 0.2) is 72.9 Å². The third kappa shape index (κ3) is 2.78. The summed E-state index contributed by atoms with van der Waals surface area (Å²) in [7, 11) is 0. The SMILES string of the molecule is Cc1ccc2nc(-c3ccc4c(c3)[C@@H]3C=CC[C@@H]3[C@H](c3ccccn3)N4)sc2c1. The van der Waals surface area contributed by atoms with Gasteiger partial charge in [-0.2, -0.15) is 0 Å². The van der Waals surface area contributed by atoms with E-state index in [0.717, 1.165) is 22.6 Å². The van der Waals surface area contributed by atoms with Crippen molar-refractivity contribution in [3.05, 3.63) is 89.8 Å². The molecule has 0 bridgehead atoms. The summed E-state index contributed by atoms with van der Waals surface area (Å²) in [4.78, 5) is 9.52. The second-order valence-electron chi connectivity index (χ2n) is 8.02. The number of nitrogens with zero attached hydrogens (tertiary/aromatic N) is 2. The fourth-order valence-corrected chi connectivity index (χ4v) is 5.80. The summed E-state index contributed by atoms with van der Waals surface area (Å²) < 4.78 is 1.25. The molecule has 0 fully saturated rings. The van der Waals surface area contributed by atoms with E-state index in [2.05, 4.69) is 77.9 Å². The van der Waals surface area contributed by atoms with Gasteiger partial charge >= 0.3 is 0 Å². The summed E-state index contributed by atoms with van der Waals surface area (Å²) in [6.45, 7) is 2.13. The largest absolute Gasteiger partial charge is 0.376 e. The predicted molar refractivity (Wildman–Crippen MR) is 120 cm³/mol. The number of hydrogen-bond acceptors (Lipinski definition) is 4.